The van der Waals surface area contributed by atoms with Gasteiger partial charge in [-0.3, -0.25) is 0 Å². The van der Waals surface area contributed by atoms with Gasteiger partial charge in [-0.25, -0.2) is 0 Å². The smallest absolute Gasteiger partial charge is 0.359 e. The molecule has 0 aromatic carbocycles. The number of alkyl halides is 6. The van der Waals surface area contributed by atoms with Gasteiger partial charge in [-0.05, 0) is 12.1 Å². The predicted octanol–water partition coefficient (Wildman–Crippen LogP) is 4.89. The molecule has 0 aromatic heterocycles. The minimum atomic E-state index is -4.20. The fourth-order valence-electron chi connectivity index (χ4n) is 1.95. The second kappa shape index (κ2) is 6.17. The summed E-state index contributed by atoms with van der Waals surface area (Å²) in [6, 6.07) is -0.00209. The van der Waals surface area contributed by atoms with E-state index in [2.05, 4.69) is 4.65 Å². The Morgan fingerprint density at radius 3 is 1.16 bits per heavy atom. The fraction of sp³-hybridized carbons (Fsp3) is 1.00. The molecule has 0 rings (SSSR count). The van der Waals surface area contributed by atoms with E-state index in [4.69, 9.17) is 0 Å². The Labute approximate surface area is 111 Å². The van der Waals surface area contributed by atoms with Gasteiger partial charge in [0.2, 0.25) is 0 Å². The zero-order valence-electron chi connectivity index (χ0n) is 11.6. The first kappa shape index (κ1) is 19.0. The standard InChI is InChI=1S/C10H21F6NSi2/c1-18(2,7-5-9(11,12)13)17-19(3,4)8-6-10(14,15)16/h17H,5-8H2,1-4H3. The first-order chi connectivity index (χ1) is 8.12. The summed E-state index contributed by atoms with van der Waals surface area (Å²) in [7, 11) is -4.64. The van der Waals surface area contributed by atoms with Crippen LogP contribution < -0.4 is 4.65 Å². The van der Waals surface area contributed by atoms with E-state index in [0.717, 1.165) is 0 Å². The van der Waals surface area contributed by atoms with Crippen molar-refractivity contribution in [3.8, 4) is 0 Å². The molecule has 0 fully saturated rings. The monoisotopic (exact) mass is 325 g/mol. The lowest BCUT2D eigenvalue weighted by Gasteiger charge is -2.35. The third-order valence-electron chi connectivity index (χ3n) is 2.74. The van der Waals surface area contributed by atoms with E-state index in [1.807, 2.05) is 0 Å². The molecule has 0 spiro atoms. The summed E-state index contributed by atoms with van der Waals surface area (Å²) < 4.78 is 76.2. The maximum atomic E-state index is 12.2. The molecular formula is C10H21F6NSi2. The molecule has 0 saturated heterocycles. The van der Waals surface area contributed by atoms with Crippen LogP contribution in [0.2, 0.25) is 38.3 Å². The lowest BCUT2D eigenvalue weighted by molar-refractivity contribution is -0.131. The average molecular weight is 325 g/mol. The van der Waals surface area contributed by atoms with Gasteiger partial charge in [0.05, 0.1) is 0 Å². The van der Waals surface area contributed by atoms with Crippen molar-refractivity contribution in [3.05, 3.63) is 0 Å². The normalized spacial score (nSPS) is 14.8. The predicted molar refractivity (Wildman–Crippen MR) is 69.1 cm³/mol. The van der Waals surface area contributed by atoms with Crippen LogP contribution in [0.25, 0.3) is 0 Å². The van der Waals surface area contributed by atoms with E-state index >= 15 is 0 Å². The molecule has 0 aliphatic heterocycles. The Kier molecular flexibility index (Phi) is 6.16. The number of nitrogens with one attached hydrogen (secondary N) is 1. The van der Waals surface area contributed by atoms with Crippen molar-refractivity contribution in [2.24, 2.45) is 0 Å². The van der Waals surface area contributed by atoms with E-state index in [-0.39, 0.29) is 12.1 Å². The summed E-state index contributed by atoms with van der Waals surface area (Å²) in [4.78, 5) is 0. The highest BCUT2D eigenvalue weighted by atomic mass is 28.4. The highest BCUT2D eigenvalue weighted by molar-refractivity contribution is 6.91. The lowest BCUT2D eigenvalue weighted by Crippen LogP contribution is -2.59. The van der Waals surface area contributed by atoms with Crippen LogP contribution in [0.3, 0.4) is 0 Å². The lowest BCUT2D eigenvalue weighted by atomic mass is 10.5. The molecule has 0 aliphatic carbocycles. The Balaban J connectivity index is 4.37. The van der Waals surface area contributed by atoms with Crippen LogP contribution in [0.4, 0.5) is 26.3 Å². The van der Waals surface area contributed by atoms with Crippen molar-refractivity contribution in [2.45, 2.75) is 63.5 Å². The fourth-order valence-corrected chi connectivity index (χ4v) is 12.1. The van der Waals surface area contributed by atoms with Gasteiger partial charge in [0.15, 0.2) is 0 Å². The molecule has 0 heterocycles. The van der Waals surface area contributed by atoms with Crippen molar-refractivity contribution in [1.29, 1.82) is 0 Å². The molecule has 9 heteroatoms. The van der Waals surface area contributed by atoms with E-state index in [0.29, 0.717) is 0 Å². The van der Waals surface area contributed by atoms with Gasteiger partial charge in [0.1, 0.15) is 16.5 Å². The molecule has 116 valence electrons. The molecule has 0 atom stereocenters. The maximum Gasteiger partial charge on any atom is 0.388 e. The summed E-state index contributed by atoms with van der Waals surface area (Å²) in [6.45, 7) is 6.95. The topological polar surface area (TPSA) is 12.0 Å². The Morgan fingerprint density at radius 1 is 0.684 bits per heavy atom. The maximum absolute atomic E-state index is 12.2. The third-order valence-corrected chi connectivity index (χ3v) is 11.2. The first-order valence-electron chi connectivity index (χ1n) is 6.05. The van der Waals surface area contributed by atoms with Crippen LogP contribution in [-0.2, 0) is 0 Å². The second-order valence-corrected chi connectivity index (χ2v) is 15.7. The van der Waals surface area contributed by atoms with Crippen molar-refractivity contribution in [1.82, 2.24) is 4.65 Å². The summed E-state index contributed by atoms with van der Waals surface area (Å²) in [6.07, 6.45) is -10.2. The van der Waals surface area contributed by atoms with Gasteiger partial charge in [-0.15, -0.1) is 0 Å². The third kappa shape index (κ3) is 11.5. The second-order valence-electron chi connectivity index (χ2n) is 6.12. The van der Waals surface area contributed by atoms with E-state index in [1.54, 1.807) is 26.2 Å². The van der Waals surface area contributed by atoms with Crippen LogP contribution in [-0.4, -0.2) is 28.8 Å². The van der Waals surface area contributed by atoms with Crippen molar-refractivity contribution < 1.29 is 26.3 Å². The van der Waals surface area contributed by atoms with Crippen LogP contribution in [0.5, 0.6) is 0 Å². The summed E-state index contributed by atoms with van der Waals surface area (Å²) in [5.74, 6) is 0. The minimum absolute atomic E-state index is 0.00104. The van der Waals surface area contributed by atoms with Gasteiger partial charge < -0.3 is 4.65 Å². The van der Waals surface area contributed by atoms with E-state index in [1.165, 1.54) is 0 Å². The summed E-state index contributed by atoms with van der Waals surface area (Å²) in [5, 5.41) is 0. The van der Waals surface area contributed by atoms with Crippen LogP contribution >= 0.6 is 0 Å². The van der Waals surface area contributed by atoms with Crippen LogP contribution in [0.15, 0.2) is 0 Å². The zero-order valence-corrected chi connectivity index (χ0v) is 13.6. The van der Waals surface area contributed by atoms with Gasteiger partial charge in [-0.2, -0.15) is 26.3 Å². The molecular weight excluding hydrogens is 304 g/mol. The summed E-state index contributed by atoms with van der Waals surface area (Å²) >= 11 is 0. The number of halogens is 6. The molecule has 0 saturated carbocycles. The summed E-state index contributed by atoms with van der Waals surface area (Å²) in [5.41, 5.74) is 0. The van der Waals surface area contributed by atoms with Gasteiger partial charge in [0.25, 0.3) is 0 Å². The number of hydrogen-bond donors (Lipinski definition) is 1. The van der Waals surface area contributed by atoms with Crippen molar-refractivity contribution >= 4 is 16.5 Å². The largest absolute Gasteiger partial charge is 0.388 e. The average Bonchev–Trinajstić information content (AvgIpc) is 2.09. The molecule has 0 aromatic rings. The molecule has 0 radical (unpaired) electrons. The molecule has 0 amide bonds. The quantitative estimate of drug-likeness (QED) is 0.541. The molecule has 19 heavy (non-hydrogen) atoms. The highest BCUT2D eigenvalue weighted by Gasteiger charge is 2.38. The first-order valence-corrected chi connectivity index (χ1v) is 12.5. The SMILES string of the molecule is C[Si](C)(CCC(F)(F)F)N[Si](C)(C)CCC(F)(F)F. The van der Waals surface area contributed by atoms with Crippen LogP contribution in [0, 0.1) is 0 Å². The van der Waals surface area contributed by atoms with Gasteiger partial charge in [0, 0.05) is 12.8 Å². The van der Waals surface area contributed by atoms with Crippen molar-refractivity contribution in [2.75, 3.05) is 0 Å². The van der Waals surface area contributed by atoms with E-state index < -0.39 is 41.7 Å². The van der Waals surface area contributed by atoms with E-state index in [9.17, 15) is 26.3 Å². The molecule has 0 bridgehead atoms. The molecule has 0 unspecified atom stereocenters. The molecule has 0 aliphatic rings. The number of hydrogen-bond acceptors (Lipinski definition) is 1. The van der Waals surface area contributed by atoms with Crippen LogP contribution in [0.1, 0.15) is 12.8 Å². The minimum Gasteiger partial charge on any atom is -0.359 e. The molecule has 1 N–H and O–H groups in total. The Bertz CT molecular complexity index is 257. The van der Waals surface area contributed by atoms with Gasteiger partial charge in [-0.1, -0.05) is 26.2 Å². The Hall–Kier alpha value is -0.0262. The van der Waals surface area contributed by atoms with Gasteiger partial charge >= 0.3 is 12.4 Å². The Morgan fingerprint density at radius 2 is 0.947 bits per heavy atom. The highest BCUT2D eigenvalue weighted by Crippen LogP contribution is 2.28. The zero-order chi connectivity index (χ0) is 15.5. The molecule has 1 nitrogen and oxygen atoms in total. The number of rotatable bonds is 6. The van der Waals surface area contributed by atoms with Crippen molar-refractivity contribution in [3.63, 3.8) is 0 Å².